The molecule has 2 aromatic carbocycles. The summed E-state index contributed by atoms with van der Waals surface area (Å²) in [6, 6.07) is 15.7. The van der Waals surface area contributed by atoms with Gasteiger partial charge in [-0.15, -0.1) is 0 Å². The van der Waals surface area contributed by atoms with Crippen LogP contribution in [0, 0.1) is 11.3 Å². The van der Waals surface area contributed by atoms with E-state index < -0.39 is 0 Å². The maximum atomic E-state index is 9.68. The number of nitriles is 1. The summed E-state index contributed by atoms with van der Waals surface area (Å²) in [6.07, 6.45) is 1.78. The summed E-state index contributed by atoms with van der Waals surface area (Å²) in [5, 5.41) is 9.68. The highest BCUT2D eigenvalue weighted by atomic mass is 16.5. The number of allylic oxidation sites excluding steroid dienone is 1. The predicted octanol–water partition coefficient (Wildman–Crippen LogP) is 4.04. The second kappa shape index (κ2) is 7.10. The van der Waals surface area contributed by atoms with E-state index in [2.05, 4.69) is 11.1 Å². The quantitative estimate of drug-likeness (QED) is 0.661. The van der Waals surface area contributed by atoms with Crippen LogP contribution in [0.25, 0.3) is 22.7 Å². The Hall–Kier alpha value is -3.26. The second-order valence-electron chi connectivity index (χ2n) is 5.46. The van der Waals surface area contributed by atoms with Gasteiger partial charge in [0.1, 0.15) is 6.07 Å². The molecule has 3 aromatic rings. The monoisotopic (exact) mass is 333 g/mol. The summed E-state index contributed by atoms with van der Waals surface area (Å²) < 4.78 is 13.0. The number of aryl methyl sites for hydroxylation is 1. The second-order valence-corrected chi connectivity index (χ2v) is 5.46. The average Bonchev–Trinajstić information content (AvgIpc) is 2.97. The molecule has 0 atom stereocenters. The topological polar surface area (TPSA) is 60.1 Å². The fourth-order valence-corrected chi connectivity index (χ4v) is 2.82. The van der Waals surface area contributed by atoms with Gasteiger partial charge in [0.25, 0.3) is 0 Å². The number of ether oxygens (including phenoxy) is 2. The predicted molar refractivity (Wildman–Crippen MR) is 98.4 cm³/mol. The molecule has 0 saturated carbocycles. The van der Waals surface area contributed by atoms with Crippen molar-refractivity contribution >= 4 is 22.7 Å². The van der Waals surface area contributed by atoms with E-state index in [0.717, 1.165) is 16.6 Å². The van der Waals surface area contributed by atoms with E-state index in [1.165, 1.54) is 0 Å². The number of imidazole rings is 1. The van der Waals surface area contributed by atoms with E-state index in [4.69, 9.17) is 9.47 Å². The summed E-state index contributed by atoms with van der Waals surface area (Å²) in [6.45, 7) is 2.46. The van der Waals surface area contributed by atoms with Crippen molar-refractivity contribution in [1.82, 2.24) is 9.55 Å². The molecule has 1 aromatic heterocycles. The van der Waals surface area contributed by atoms with Gasteiger partial charge in [-0.25, -0.2) is 4.98 Å². The van der Waals surface area contributed by atoms with Crippen molar-refractivity contribution in [2.24, 2.45) is 7.05 Å². The smallest absolute Gasteiger partial charge is 0.167 e. The van der Waals surface area contributed by atoms with Crippen molar-refractivity contribution < 1.29 is 9.47 Å². The van der Waals surface area contributed by atoms with Crippen molar-refractivity contribution in [1.29, 1.82) is 5.26 Å². The Morgan fingerprint density at radius 3 is 2.72 bits per heavy atom. The number of benzene rings is 2. The minimum absolute atomic E-state index is 0.464. The lowest BCUT2D eigenvalue weighted by molar-refractivity contribution is 0.310. The molecule has 0 aliphatic carbocycles. The number of methoxy groups -OCH3 is 1. The highest BCUT2D eigenvalue weighted by molar-refractivity contribution is 5.92. The van der Waals surface area contributed by atoms with Crippen molar-refractivity contribution in [2.75, 3.05) is 13.7 Å². The molecule has 0 unspecified atom stereocenters. The van der Waals surface area contributed by atoms with Crippen LogP contribution in [0.4, 0.5) is 0 Å². The van der Waals surface area contributed by atoms with Crippen molar-refractivity contribution in [3.8, 4) is 17.6 Å². The summed E-state index contributed by atoms with van der Waals surface area (Å²) in [5.41, 5.74) is 3.08. The van der Waals surface area contributed by atoms with E-state index >= 15 is 0 Å². The van der Waals surface area contributed by atoms with Crippen LogP contribution in [0.1, 0.15) is 18.3 Å². The number of para-hydroxylation sites is 3. The number of rotatable bonds is 5. The molecule has 0 radical (unpaired) electrons. The van der Waals surface area contributed by atoms with Crippen LogP contribution in [-0.4, -0.2) is 23.3 Å². The summed E-state index contributed by atoms with van der Waals surface area (Å²) >= 11 is 0. The first-order valence-corrected chi connectivity index (χ1v) is 8.03. The Kier molecular flexibility index (Phi) is 4.71. The zero-order chi connectivity index (χ0) is 17.8. The van der Waals surface area contributed by atoms with Crippen LogP contribution in [0.2, 0.25) is 0 Å². The molecule has 0 N–H and O–H groups in total. The highest BCUT2D eigenvalue weighted by Gasteiger charge is 2.14. The van der Waals surface area contributed by atoms with Gasteiger partial charge in [-0.1, -0.05) is 24.3 Å². The van der Waals surface area contributed by atoms with Crippen LogP contribution in [0.15, 0.2) is 42.5 Å². The number of nitrogens with zero attached hydrogens (tertiary/aromatic N) is 3. The molecule has 5 heteroatoms. The zero-order valence-corrected chi connectivity index (χ0v) is 14.5. The van der Waals surface area contributed by atoms with Gasteiger partial charge in [-0.3, -0.25) is 0 Å². The lowest BCUT2D eigenvalue weighted by Crippen LogP contribution is -1.98. The van der Waals surface area contributed by atoms with Crippen LogP contribution < -0.4 is 9.47 Å². The van der Waals surface area contributed by atoms with E-state index in [1.807, 2.05) is 61.0 Å². The molecule has 126 valence electrons. The van der Waals surface area contributed by atoms with Crippen LogP contribution in [0.5, 0.6) is 11.5 Å². The lowest BCUT2D eigenvalue weighted by atomic mass is 10.1. The van der Waals surface area contributed by atoms with E-state index in [1.54, 1.807) is 13.2 Å². The molecular formula is C20H19N3O2. The molecule has 0 spiro atoms. The Balaban J connectivity index is 2.14. The molecule has 0 bridgehead atoms. The number of aromatic nitrogens is 2. The SMILES string of the molecule is CCOc1cccc(/C=C(/C#N)c2nc3ccccc3n2C)c1OC. The summed E-state index contributed by atoms with van der Waals surface area (Å²) in [7, 11) is 3.50. The third-order valence-corrected chi connectivity index (χ3v) is 3.96. The normalized spacial score (nSPS) is 11.4. The number of fused-ring (bicyclic) bond motifs is 1. The van der Waals surface area contributed by atoms with Gasteiger partial charge in [-0.2, -0.15) is 5.26 Å². The minimum atomic E-state index is 0.464. The molecule has 0 saturated heterocycles. The fourth-order valence-electron chi connectivity index (χ4n) is 2.82. The summed E-state index contributed by atoms with van der Waals surface area (Å²) in [4.78, 5) is 4.59. The first kappa shape index (κ1) is 16.6. The van der Waals surface area contributed by atoms with E-state index in [9.17, 15) is 5.26 Å². The van der Waals surface area contributed by atoms with Gasteiger partial charge in [0, 0.05) is 12.6 Å². The fraction of sp³-hybridized carbons (Fsp3) is 0.200. The lowest BCUT2D eigenvalue weighted by Gasteiger charge is -2.12. The largest absolute Gasteiger partial charge is 0.492 e. The van der Waals surface area contributed by atoms with Crippen molar-refractivity contribution in [2.45, 2.75) is 6.92 Å². The van der Waals surface area contributed by atoms with Gasteiger partial charge in [-0.05, 0) is 31.2 Å². The van der Waals surface area contributed by atoms with Gasteiger partial charge in [0.15, 0.2) is 17.3 Å². The maximum Gasteiger partial charge on any atom is 0.167 e. The van der Waals surface area contributed by atoms with Gasteiger partial charge in [0.2, 0.25) is 0 Å². The molecule has 5 nitrogen and oxygen atoms in total. The maximum absolute atomic E-state index is 9.68. The number of hydrogen-bond acceptors (Lipinski definition) is 4. The van der Waals surface area contributed by atoms with Gasteiger partial charge in [0.05, 0.1) is 30.3 Å². The van der Waals surface area contributed by atoms with Crippen LogP contribution in [-0.2, 0) is 7.05 Å². The Bertz CT molecular complexity index is 980. The standard InChI is InChI=1S/C20H19N3O2/c1-4-25-18-11-7-8-14(19(18)24-3)12-15(13-21)20-22-16-9-5-6-10-17(16)23(20)2/h5-12H,4H2,1-3H3/b15-12-. The third kappa shape index (κ3) is 3.07. The molecule has 0 aliphatic rings. The van der Waals surface area contributed by atoms with Crippen LogP contribution >= 0.6 is 0 Å². The van der Waals surface area contributed by atoms with E-state index in [-0.39, 0.29) is 0 Å². The average molecular weight is 333 g/mol. The van der Waals surface area contributed by atoms with Crippen molar-refractivity contribution in [3.63, 3.8) is 0 Å². The molecule has 25 heavy (non-hydrogen) atoms. The molecule has 0 fully saturated rings. The van der Waals surface area contributed by atoms with Gasteiger partial charge >= 0.3 is 0 Å². The van der Waals surface area contributed by atoms with Gasteiger partial charge < -0.3 is 14.0 Å². The molecule has 3 rings (SSSR count). The van der Waals surface area contributed by atoms with Crippen LogP contribution in [0.3, 0.4) is 0 Å². The zero-order valence-electron chi connectivity index (χ0n) is 14.5. The Labute approximate surface area is 146 Å². The minimum Gasteiger partial charge on any atom is -0.492 e. The van der Waals surface area contributed by atoms with E-state index in [0.29, 0.717) is 29.5 Å². The molecule has 0 aliphatic heterocycles. The van der Waals surface area contributed by atoms with Crippen molar-refractivity contribution in [3.05, 3.63) is 53.9 Å². The number of hydrogen-bond donors (Lipinski definition) is 0. The molecular weight excluding hydrogens is 314 g/mol. The Morgan fingerprint density at radius 1 is 1.24 bits per heavy atom. The highest BCUT2D eigenvalue weighted by Crippen LogP contribution is 2.33. The Morgan fingerprint density at radius 2 is 2.04 bits per heavy atom. The first-order valence-electron chi connectivity index (χ1n) is 8.03. The molecule has 0 amide bonds. The summed E-state index contributed by atoms with van der Waals surface area (Å²) in [5.74, 6) is 1.88. The first-order chi connectivity index (χ1) is 12.2. The third-order valence-electron chi connectivity index (χ3n) is 3.96. The molecule has 1 heterocycles.